The van der Waals surface area contributed by atoms with Crippen LogP contribution in [0.15, 0.2) is 76.8 Å². The van der Waals surface area contributed by atoms with E-state index in [1.165, 1.54) is 6.08 Å². The molecule has 7 heteroatoms. The average molecular weight is 530 g/mol. The van der Waals surface area contributed by atoms with E-state index in [1.807, 2.05) is 49.4 Å². The van der Waals surface area contributed by atoms with Gasteiger partial charge < -0.3 is 10.1 Å². The number of ether oxygens (including phenoxy) is 1. The van der Waals surface area contributed by atoms with Crippen LogP contribution in [0, 0.1) is 11.3 Å². The summed E-state index contributed by atoms with van der Waals surface area (Å²) in [6.07, 6.45) is 1.51. The summed E-state index contributed by atoms with van der Waals surface area (Å²) < 4.78 is 6.73. The maximum Gasteiger partial charge on any atom is 0.262 e. The lowest BCUT2D eigenvalue weighted by Gasteiger charge is -2.14. The lowest BCUT2D eigenvalue weighted by Crippen LogP contribution is -2.27. The highest BCUT2D eigenvalue weighted by Crippen LogP contribution is 2.28. The number of nitrogens with zero attached hydrogens (tertiary/aromatic N) is 1. The number of hydrogen-bond donors (Lipinski definition) is 1. The Kier molecular flexibility index (Phi) is 8.35. The molecule has 0 aliphatic carbocycles. The molecule has 0 unspecified atom stereocenters. The van der Waals surface area contributed by atoms with Crippen molar-refractivity contribution in [3.05, 3.63) is 104 Å². The van der Waals surface area contributed by atoms with Crippen LogP contribution in [-0.2, 0) is 11.4 Å². The third kappa shape index (κ3) is 6.37. The minimum atomic E-state index is -0.462. The zero-order chi connectivity index (χ0) is 23.1. The molecular formula is C25H19BrCl2N2O2. The predicted octanol–water partition coefficient (Wildman–Crippen LogP) is 7.12. The van der Waals surface area contributed by atoms with Gasteiger partial charge in [-0.2, -0.15) is 5.26 Å². The predicted molar refractivity (Wildman–Crippen MR) is 132 cm³/mol. The van der Waals surface area contributed by atoms with Crippen molar-refractivity contribution in [1.82, 2.24) is 5.32 Å². The minimum Gasteiger partial charge on any atom is -0.488 e. The molecule has 0 aromatic heterocycles. The fraction of sp³-hybridized carbons (Fsp3) is 0.120. The summed E-state index contributed by atoms with van der Waals surface area (Å²) in [5.74, 6) is 0.0476. The lowest BCUT2D eigenvalue weighted by atomic mass is 10.1. The van der Waals surface area contributed by atoms with Crippen molar-refractivity contribution < 1.29 is 9.53 Å². The summed E-state index contributed by atoms with van der Waals surface area (Å²) >= 11 is 15.6. The second-order valence-electron chi connectivity index (χ2n) is 6.98. The summed E-state index contributed by atoms with van der Waals surface area (Å²) in [7, 11) is 0. The molecule has 0 saturated heterocycles. The molecule has 0 saturated carbocycles. The molecule has 1 amide bonds. The maximum absolute atomic E-state index is 12.7. The van der Waals surface area contributed by atoms with Gasteiger partial charge in [-0.1, -0.05) is 75.5 Å². The van der Waals surface area contributed by atoms with Crippen molar-refractivity contribution in [2.24, 2.45) is 0 Å². The SMILES string of the molecule is C[C@H](NC(=O)/C(C#N)=C\c1cc(Br)ccc1OCc1ccc(Cl)cc1Cl)c1ccccc1. The summed E-state index contributed by atoms with van der Waals surface area (Å²) in [5, 5.41) is 13.5. The Balaban J connectivity index is 1.81. The molecule has 0 spiro atoms. The number of carbonyl (C=O) groups is 1. The van der Waals surface area contributed by atoms with Gasteiger partial charge in [-0.05, 0) is 48.9 Å². The monoisotopic (exact) mass is 528 g/mol. The highest BCUT2D eigenvalue weighted by molar-refractivity contribution is 9.10. The first-order valence-corrected chi connectivity index (χ1v) is 11.3. The van der Waals surface area contributed by atoms with Crippen LogP contribution in [-0.4, -0.2) is 5.91 Å². The summed E-state index contributed by atoms with van der Waals surface area (Å²) in [6.45, 7) is 2.07. The first-order chi connectivity index (χ1) is 15.4. The van der Waals surface area contributed by atoms with Crippen LogP contribution in [0.2, 0.25) is 10.0 Å². The zero-order valence-corrected chi connectivity index (χ0v) is 20.2. The van der Waals surface area contributed by atoms with Crippen molar-refractivity contribution >= 4 is 51.1 Å². The summed E-state index contributed by atoms with van der Waals surface area (Å²) in [5.41, 5.74) is 2.28. The van der Waals surface area contributed by atoms with Gasteiger partial charge in [-0.3, -0.25) is 4.79 Å². The Hall–Kier alpha value is -2.78. The molecule has 1 N–H and O–H groups in total. The first kappa shape index (κ1) is 23.9. The maximum atomic E-state index is 12.7. The third-order valence-electron chi connectivity index (χ3n) is 4.68. The van der Waals surface area contributed by atoms with Crippen LogP contribution in [0.5, 0.6) is 5.75 Å². The van der Waals surface area contributed by atoms with Gasteiger partial charge in [0.15, 0.2) is 0 Å². The number of benzene rings is 3. The summed E-state index contributed by atoms with van der Waals surface area (Å²) in [6, 6.07) is 21.8. The number of hydrogen-bond acceptors (Lipinski definition) is 3. The quantitative estimate of drug-likeness (QED) is 0.262. The van der Waals surface area contributed by atoms with E-state index >= 15 is 0 Å². The van der Waals surface area contributed by atoms with Gasteiger partial charge in [0, 0.05) is 25.6 Å². The van der Waals surface area contributed by atoms with Crippen LogP contribution in [0.3, 0.4) is 0 Å². The van der Waals surface area contributed by atoms with E-state index in [0.717, 1.165) is 15.6 Å². The minimum absolute atomic E-state index is 0.0275. The number of halogens is 3. The smallest absolute Gasteiger partial charge is 0.262 e. The molecule has 0 fully saturated rings. The average Bonchev–Trinajstić information content (AvgIpc) is 2.78. The van der Waals surface area contributed by atoms with E-state index in [9.17, 15) is 10.1 Å². The van der Waals surface area contributed by atoms with Gasteiger partial charge in [0.25, 0.3) is 5.91 Å². The van der Waals surface area contributed by atoms with Gasteiger partial charge in [0.2, 0.25) is 0 Å². The molecule has 0 bridgehead atoms. The largest absolute Gasteiger partial charge is 0.488 e. The fourth-order valence-corrected chi connectivity index (χ4v) is 3.80. The number of nitriles is 1. The molecule has 0 aliphatic rings. The molecule has 0 radical (unpaired) electrons. The molecular weight excluding hydrogens is 511 g/mol. The Morgan fingerprint density at radius 2 is 1.91 bits per heavy atom. The van der Waals surface area contributed by atoms with Gasteiger partial charge in [0.1, 0.15) is 24.0 Å². The van der Waals surface area contributed by atoms with Gasteiger partial charge in [-0.25, -0.2) is 0 Å². The molecule has 162 valence electrons. The molecule has 3 aromatic carbocycles. The number of carbonyl (C=O) groups excluding carboxylic acids is 1. The Bertz CT molecular complexity index is 1190. The second-order valence-corrected chi connectivity index (χ2v) is 8.74. The molecule has 0 heterocycles. The molecule has 3 aromatic rings. The van der Waals surface area contributed by atoms with Crippen LogP contribution < -0.4 is 10.1 Å². The Labute approximate surface area is 205 Å². The lowest BCUT2D eigenvalue weighted by molar-refractivity contribution is -0.117. The molecule has 4 nitrogen and oxygen atoms in total. The van der Waals surface area contributed by atoms with E-state index in [0.29, 0.717) is 21.4 Å². The van der Waals surface area contributed by atoms with Gasteiger partial charge in [-0.15, -0.1) is 0 Å². The van der Waals surface area contributed by atoms with Crippen molar-refractivity contribution in [2.75, 3.05) is 0 Å². The van der Waals surface area contributed by atoms with Gasteiger partial charge >= 0.3 is 0 Å². The molecule has 0 aliphatic heterocycles. The second kappa shape index (κ2) is 11.2. The van der Waals surface area contributed by atoms with Crippen molar-refractivity contribution in [2.45, 2.75) is 19.6 Å². The number of rotatable bonds is 7. The number of nitrogens with one attached hydrogen (secondary N) is 1. The van der Waals surface area contributed by atoms with Crippen LogP contribution >= 0.6 is 39.1 Å². The fourth-order valence-electron chi connectivity index (χ4n) is 2.96. The van der Waals surface area contributed by atoms with E-state index < -0.39 is 5.91 Å². The zero-order valence-electron chi connectivity index (χ0n) is 17.1. The number of amides is 1. The Morgan fingerprint density at radius 1 is 1.16 bits per heavy atom. The topological polar surface area (TPSA) is 62.1 Å². The van der Waals surface area contributed by atoms with E-state index in [-0.39, 0.29) is 18.2 Å². The third-order valence-corrected chi connectivity index (χ3v) is 5.76. The van der Waals surface area contributed by atoms with Crippen molar-refractivity contribution in [3.8, 4) is 11.8 Å². The van der Waals surface area contributed by atoms with Crippen molar-refractivity contribution in [3.63, 3.8) is 0 Å². The van der Waals surface area contributed by atoms with E-state index in [4.69, 9.17) is 27.9 Å². The van der Waals surface area contributed by atoms with Crippen LogP contribution in [0.1, 0.15) is 29.7 Å². The Morgan fingerprint density at radius 3 is 2.59 bits per heavy atom. The normalized spacial score (nSPS) is 12.0. The highest BCUT2D eigenvalue weighted by Gasteiger charge is 2.15. The standard InChI is InChI=1S/C25H19BrCl2N2O2/c1-16(17-5-3-2-4-6-17)30-25(31)20(14-29)11-19-12-21(26)8-10-24(19)32-15-18-7-9-22(27)13-23(18)28/h2-13,16H,15H2,1H3,(H,30,31)/b20-11-/t16-/m0/s1. The van der Waals surface area contributed by atoms with Crippen molar-refractivity contribution in [1.29, 1.82) is 5.26 Å². The summed E-state index contributed by atoms with van der Waals surface area (Å²) in [4.78, 5) is 12.7. The molecule has 32 heavy (non-hydrogen) atoms. The van der Waals surface area contributed by atoms with Crippen LogP contribution in [0.4, 0.5) is 0 Å². The molecule has 1 atom stereocenters. The van der Waals surface area contributed by atoms with E-state index in [2.05, 4.69) is 21.2 Å². The first-order valence-electron chi connectivity index (χ1n) is 9.71. The van der Waals surface area contributed by atoms with Crippen LogP contribution in [0.25, 0.3) is 6.08 Å². The molecule has 3 rings (SSSR count). The van der Waals surface area contributed by atoms with E-state index in [1.54, 1.807) is 30.3 Å². The highest BCUT2D eigenvalue weighted by atomic mass is 79.9. The van der Waals surface area contributed by atoms with Gasteiger partial charge in [0.05, 0.1) is 6.04 Å².